The van der Waals surface area contributed by atoms with E-state index in [4.69, 9.17) is 40.5 Å². The summed E-state index contributed by atoms with van der Waals surface area (Å²) in [5.74, 6) is 0. The lowest BCUT2D eigenvalue weighted by molar-refractivity contribution is -0.193. The number of nitrogens with two attached hydrogens (primary N) is 1. The van der Waals surface area contributed by atoms with Crippen LogP contribution in [-0.4, -0.2) is 30.6 Å². The van der Waals surface area contributed by atoms with Gasteiger partial charge in [-0.15, -0.1) is 0 Å². The van der Waals surface area contributed by atoms with Crippen LogP contribution in [0.2, 0.25) is 0 Å². The molecule has 176 valence electrons. The molecule has 8 nitrogen and oxygen atoms in total. The van der Waals surface area contributed by atoms with Gasteiger partial charge in [0.25, 0.3) is 0 Å². The van der Waals surface area contributed by atoms with E-state index in [-0.39, 0.29) is 29.7 Å². The molecule has 2 aliphatic carbocycles. The van der Waals surface area contributed by atoms with E-state index in [1.807, 2.05) is 13.0 Å². The zero-order valence-corrected chi connectivity index (χ0v) is 19.2. The van der Waals surface area contributed by atoms with E-state index in [1.165, 1.54) is 38.5 Å². The van der Waals surface area contributed by atoms with Crippen molar-refractivity contribution in [2.45, 2.75) is 97.3 Å². The summed E-state index contributed by atoms with van der Waals surface area (Å²) in [5, 5.41) is 25.8. The van der Waals surface area contributed by atoms with Gasteiger partial charge in [0, 0.05) is 25.0 Å². The minimum Gasteiger partial charge on any atom is -0.396 e. The molecule has 0 amide bonds. The minimum atomic E-state index is 0.0677. The highest BCUT2D eigenvalue weighted by atomic mass is 16.3. The number of nitriles is 2. The summed E-state index contributed by atoms with van der Waals surface area (Å²) in [6.45, 7) is 5.06. The van der Waals surface area contributed by atoms with Crippen molar-refractivity contribution in [1.82, 2.24) is 0 Å². The molecule has 0 unspecified atom stereocenters. The Labute approximate surface area is 186 Å². The highest BCUT2D eigenvalue weighted by Crippen LogP contribution is 2.38. The van der Waals surface area contributed by atoms with Crippen molar-refractivity contribution in [3.05, 3.63) is 0 Å². The van der Waals surface area contributed by atoms with Gasteiger partial charge in [-0.2, -0.15) is 29.7 Å². The Morgan fingerprint density at radius 1 is 0.839 bits per heavy atom. The molecule has 2 saturated carbocycles. The van der Waals surface area contributed by atoms with E-state index in [9.17, 15) is 0 Å². The molecule has 8 heteroatoms. The van der Waals surface area contributed by atoms with Gasteiger partial charge in [-0.3, -0.25) is 0 Å². The van der Waals surface area contributed by atoms with Gasteiger partial charge in [0.1, 0.15) is 0 Å². The van der Waals surface area contributed by atoms with Crippen LogP contribution in [0.1, 0.15) is 97.3 Å². The summed E-state index contributed by atoms with van der Waals surface area (Å²) in [4.78, 5) is 32.5. The Morgan fingerprint density at radius 3 is 1.42 bits per heavy atom. The molecular formula is C23H39N3O5. The molecule has 0 radical (unpaired) electrons. The molecule has 2 aliphatic rings. The number of nitrogens with zero attached hydrogens (tertiary/aromatic N) is 2. The van der Waals surface area contributed by atoms with Crippen molar-refractivity contribution in [2.24, 2.45) is 16.6 Å². The summed E-state index contributed by atoms with van der Waals surface area (Å²) in [7, 11) is 0. The molecule has 0 aromatic heterocycles. The number of carbonyl (C=O) groups excluding carboxylic acids is 4. The van der Waals surface area contributed by atoms with Gasteiger partial charge in [0.05, 0.1) is 17.6 Å². The molecule has 0 saturated heterocycles. The van der Waals surface area contributed by atoms with Crippen LogP contribution in [0.4, 0.5) is 0 Å². The fourth-order valence-corrected chi connectivity index (χ4v) is 3.61. The van der Waals surface area contributed by atoms with E-state index >= 15 is 0 Å². The fraction of sp³-hybridized carbons (Fsp3) is 0.826. The molecule has 0 aliphatic heterocycles. The number of rotatable bonds is 4. The Balaban J connectivity index is -0.000000350. The maximum absolute atomic E-state index is 9.06. The molecule has 2 rings (SSSR count). The van der Waals surface area contributed by atoms with Gasteiger partial charge in [0.15, 0.2) is 0 Å². The van der Waals surface area contributed by atoms with E-state index < -0.39 is 0 Å². The molecule has 0 atom stereocenters. The lowest BCUT2D eigenvalue weighted by Gasteiger charge is -2.34. The van der Waals surface area contributed by atoms with Crippen LogP contribution in [0.5, 0.6) is 0 Å². The summed E-state index contributed by atoms with van der Waals surface area (Å²) < 4.78 is 0. The van der Waals surface area contributed by atoms with Gasteiger partial charge < -0.3 is 10.8 Å². The third kappa shape index (κ3) is 18.2. The third-order valence-corrected chi connectivity index (χ3v) is 5.77. The van der Waals surface area contributed by atoms with Gasteiger partial charge in [-0.1, -0.05) is 52.4 Å². The van der Waals surface area contributed by atoms with Gasteiger partial charge in [-0.25, -0.2) is 0 Å². The Morgan fingerprint density at radius 2 is 1.26 bits per heavy atom. The Bertz CT molecular complexity index is 539. The van der Waals surface area contributed by atoms with E-state index in [2.05, 4.69) is 13.0 Å². The highest BCUT2D eigenvalue weighted by Gasteiger charge is 2.30. The van der Waals surface area contributed by atoms with Crippen LogP contribution in [0.3, 0.4) is 0 Å². The number of unbranched alkanes of at least 4 members (excludes halogenated alkanes) is 1. The smallest absolute Gasteiger partial charge is 0.373 e. The second-order valence-electron chi connectivity index (χ2n) is 7.80. The lowest BCUT2D eigenvalue weighted by atomic mass is 9.73. The molecule has 31 heavy (non-hydrogen) atoms. The molecule has 0 bridgehead atoms. The summed E-state index contributed by atoms with van der Waals surface area (Å²) in [6.07, 6.45) is 15.4. The monoisotopic (exact) mass is 437 g/mol. The predicted molar refractivity (Wildman–Crippen MR) is 114 cm³/mol. The van der Waals surface area contributed by atoms with Crippen LogP contribution < -0.4 is 5.73 Å². The lowest BCUT2D eigenvalue weighted by Crippen LogP contribution is -2.36. The van der Waals surface area contributed by atoms with Crippen LogP contribution in [0.25, 0.3) is 0 Å². The Hall–Kier alpha value is -2.34. The van der Waals surface area contributed by atoms with Crippen molar-refractivity contribution in [3.63, 3.8) is 0 Å². The van der Waals surface area contributed by atoms with Crippen molar-refractivity contribution < 1.29 is 24.3 Å². The molecule has 0 aromatic carbocycles. The first-order chi connectivity index (χ1) is 14.9. The van der Waals surface area contributed by atoms with E-state index in [0.717, 1.165) is 38.5 Å². The SMILES string of the molecule is CCC1(C#N)CCCCC1.CCCC#N.NCC1(CO)CCCCC1.O=C=O.O=C=O. The van der Waals surface area contributed by atoms with Crippen molar-refractivity contribution in [2.75, 3.05) is 13.2 Å². The van der Waals surface area contributed by atoms with Gasteiger partial charge in [0.2, 0.25) is 0 Å². The zero-order chi connectivity index (χ0) is 24.4. The first-order valence-corrected chi connectivity index (χ1v) is 11.0. The molecule has 2 fully saturated rings. The summed E-state index contributed by atoms with van der Waals surface area (Å²) in [5.41, 5.74) is 5.75. The zero-order valence-electron chi connectivity index (χ0n) is 19.2. The molecule has 0 spiro atoms. The highest BCUT2D eigenvalue weighted by molar-refractivity contribution is 5.20. The van der Waals surface area contributed by atoms with Crippen LogP contribution >= 0.6 is 0 Å². The Kier molecular flexibility index (Phi) is 25.7. The van der Waals surface area contributed by atoms with Crippen molar-refractivity contribution >= 4 is 12.3 Å². The quantitative estimate of drug-likeness (QED) is 0.668. The molecule has 3 N–H and O–H groups in total. The van der Waals surface area contributed by atoms with Crippen LogP contribution in [0, 0.1) is 33.5 Å². The fourth-order valence-electron chi connectivity index (χ4n) is 3.61. The summed E-state index contributed by atoms with van der Waals surface area (Å²) in [6, 6.07) is 4.48. The summed E-state index contributed by atoms with van der Waals surface area (Å²) >= 11 is 0. The molecular weight excluding hydrogens is 398 g/mol. The normalized spacial score (nSPS) is 17.1. The van der Waals surface area contributed by atoms with Gasteiger partial charge in [-0.05, 0) is 38.5 Å². The number of aliphatic hydroxyl groups is 1. The standard InChI is InChI=1S/C9H15N.C8H17NO.C4H7N.2CO2/c1-2-9(8-10)6-4-3-5-7-9;9-6-8(7-10)4-2-1-3-5-8;1-2-3-4-5;2*2-1-3/h2-7H2,1H3;10H,1-7,9H2;2-3H2,1H3;;. The van der Waals surface area contributed by atoms with Crippen molar-refractivity contribution in [1.29, 1.82) is 10.5 Å². The molecule has 0 aromatic rings. The third-order valence-electron chi connectivity index (χ3n) is 5.77. The maximum Gasteiger partial charge on any atom is 0.373 e. The number of hydrogen-bond donors (Lipinski definition) is 2. The van der Waals surface area contributed by atoms with E-state index in [0.29, 0.717) is 13.0 Å². The average Bonchev–Trinajstić information content (AvgIpc) is 2.82. The van der Waals surface area contributed by atoms with Crippen LogP contribution in [0.15, 0.2) is 0 Å². The first kappa shape index (κ1) is 33.3. The predicted octanol–water partition coefficient (Wildman–Crippen LogP) is 3.90. The molecule has 0 heterocycles. The first-order valence-electron chi connectivity index (χ1n) is 11.0. The topological polar surface area (TPSA) is 162 Å². The number of hydrogen-bond acceptors (Lipinski definition) is 8. The number of aliphatic hydroxyl groups excluding tert-OH is 1. The average molecular weight is 438 g/mol. The van der Waals surface area contributed by atoms with Crippen LogP contribution in [-0.2, 0) is 19.2 Å². The second kappa shape index (κ2) is 23.9. The minimum absolute atomic E-state index is 0.0677. The largest absolute Gasteiger partial charge is 0.396 e. The maximum atomic E-state index is 9.06. The second-order valence-corrected chi connectivity index (χ2v) is 7.80. The van der Waals surface area contributed by atoms with E-state index in [1.54, 1.807) is 0 Å². The van der Waals surface area contributed by atoms with Gasteiger partial charge >= 0.3 is 12.3 Å². The van der Waals surface area contributed by atoms with Crippen molar-refractivity contribution in [3.8, 4) is 12.1 Å².